The smallest absolute Gasteiger partial charge is 0.460 e. The zero-order valence-electron chi connectivity index (χ0n) is 14.6. The van der Waals surface area contributed by atoms with E-state index in [1.54, 1.807) is 0 Å². The van der Waals surface area contributed by atoms with Crippen LogP contribution in [0.25, 0.3) is 0 Å². The maximum Gasteiger partial charge on any atom is 0.460 e. The maximum absolute atomic E-state index is 13.9. The zero-order chi connectivity index (χ0) is 25.5. The second kappa shape index (κ2) is 8.38. The van der Waals surface area contributed by atoms with Crippen molar-refractivity contribution in [1.82, 2.24) is 0 Å². The number of carbonyl (C=O) groups is 1. The van der Waals surface area contributed by atoms with Crippen molar-refractivity contribution in [1.29, 1.82) is 0 Å². The van der Waals surface area contributed by atoms with E-state index in [1.807, 2.05) is 0 Å². The monoisotopic (exact) mass is 500 g/mol. The summed E-state index contributed by atoms with van der Waals surface area (Å²) in [5.74, 6) is -50.1. The van der Waals surface area contributed by atoms with E-state index in [2.05, 4.69) is 4.74 Å². The lowest BCUT2D eigenvalue weighted by molar-refractivity contribution is -0.456. The average molecular weight is 500 g/mol. The molecule has 0 aliphatic heterocycles. The highest BCUT2D eigenvalue weighted by atomic mass is 19.4. The molecule has 3 nitrogen and oxygen atoms in total. The SMILES string of the molecule is CCCOC(CC(=O)O)C(F)(F)C(F)(F)C(F)(F)C(F)(F)C(F)(F)C(F)(F)C(F)(F)F. The average Bonchev–Trinajstić information content (AvgIpc) is 2.56. The van der Waals surface area contributed by atoms with Crippen LogP contribution >= 0.6 is 0 Å². The lowest BCUT2D eigenvalue weighted by Crippen LogP contribution is -2.73. The molecule has 0 amide bonds. The van der Waals surface area contributed by atoms with Gasteiger partial charge in [-0.05, 0) is 6.42 Å². The van der Waals surface area contributed by atoms with Crippen LogP contribution < -0.4 is 0 Å². The Bertz CT molecular complexity index is 641. The van der Waals surface area contributed by atoms with E-state index >= 15 is 0 Å². The molecule has 0 aromatic rings. The van der Waals surface area contributed by atoms with Gasteiger partial charge in [0.25, 0.3) is 0 Å². The van der Waals surface area contributed by atoms with Gasteiger partial charge in [-0.3, -0.25) is 4.79 Å². The number of ether oxygens (including phenoxy) is 1. The third kappa shape index (κ3) is 4.48. The van der Waals surface area contributed by atoms with Gasteiger partial charge in [0.05, 0.1) is 6.42 Å². The fraction of sp³-hybridized carbons (Fsp3) is 0.923. The van der Waals surface area contributed by atoms with Crippen molar-refractivity contribution < 1.29 is 80.5 Å². The van der Waals surface area contributed by atoms with Gasteiger partial charge in [0, 0.05) is 6.61 Å². The van der Waals surface area contributed by atoms with Gasteiger partial charge in [0.1, 0.15) is 6.10 Å². The summed E-state index contributed by atoms with van der Waals surface area (Å²) in [7, 11) is 0. The predicted octanol–water partition coefficient (Wildman–Crippen LogP) is 5.63. The Balaban J connectivity index is 6.61. The number of alkyl halides is 15. The largest absolute Gasteiger partial charge is 0.481 e. The van der Waals surface area contributed by atoms with Crippen molar-refractivity contribution in [2.24, 2.45) is 0 Å². The van der Waals surface area contributed by atoms with Gasteiger partial charge < -0.3 is 9.84 Å². The number of carboxylic acid groups (broad SMARTS) is 1. The van der Waals surface area contributed by atoms with Gasteiger partial charge in [-0.25, -0.2) is 0 Å². The third-order valence-electron chi connectivity index (χ3n) is 3.64. The third-order valence-corrected chi connectivity index (χ3v) is 3.64. The van der Waals surface area contributed by atoms with E-state index < -0.39 is 66.8 Å². The molecule has 1 N–H and O–H groups in total. The zero-order valence-corrected chi connectivity index (χ0v) is 14.6. The molecule has 0 rings (SSSR count). The summed E-state index contributed by atoms with van der Waals surface area (Å²) in [6, 6.07) is 0. The molecule has 1 atom stereocenters. The summed E-state index contributed by atoms with van der Waals surface area (Å²) >= 11 is 0. The number of hydrogen-bond donors (Lipinski definition) is 1. The number of hydrogen-bond acceptors (Lipinski definition) is 2. The molecule has 0 saturated carbocycles. The lowest BCUT2D eigenvalue weighted by Gasteiger charge is -2.42. The highest BCUT2D eigenvalue weighted by Gasteiger charge is 2.93. The van der Waals surface area contributed by atoms with Crippen molar-refractivity contribution in [2.75, 3.05) is 6.61 Å². The highest BCUT2D eigenvalue weighted by molar-refractivity contribution is 5.67. The van der Waals surface area contributed by atoms with Crippen LogP contribution in [0.4, 0.5) is 65.9 Å². The number of aliphatic carboxylic acids is 1. The van der Waals surface area contributed by atoms with E-state index in [4.69, 9.17) is 5.11 Å². The summed E-state index contributed by atoms with van der Waals surface area (Å²) in [6.07, 6.45) is -14.2. The van der Waals surface area contributed by atoms with Crippen LogP contribution in [-0.2, 0) is 9.53 Å². The molecule has 18 heteroatoms. The van der Waals surface area contributed by atoms with Crippen LogP contribution in [0.2, 0.25) is 0 Å². The Morgan fingerprint density at radius 1 is 0.710 bits per heavy atom. The van der Waals surface area contributed by atoms with Gasteiger partial charge in [0.15, 0.2) is 0 Å². The van der Waals surface area contributed by atoms with Gasteiger partial charge in [-0.2, -0.15) is 65.9 Å². The van der Waals surface area contributed by atoms with E-state index in [-0.39, 0.29) is 6.42 Å². The molecule has 0 bridgehead atoms. The number of rotatable bonds is 11. The summed E-state index contributed by atoms with van der Waals surface area (Å²) in [4.78, 5) is 10.5. The van der Waals surface area contributed by atoms with Gasteiger partial charge in [0.2, 0.25) is 0 Å². The minimum absolute atomic E-state index is 0.375. The van der Waals surface area contributed by atoms with Crippen LogP contribution in [0.1, 0.15) is 19.8 Å². The second-order valence-electron chi connectivity index (χ2n) is 5.95. The molecular weight excluding hydrogens is 489 g/mol. The molecule has 0 spiro atoms. The van der Waals surface area contributed by atoms with Crippen molar-refractivity contribution in [3.8, 4) is 0 Å². The molecule has 0 saturated heterocycles. The first-order valence-corrected chi connectivity index (χ1v) is 7.54. The molecule has 0 aromatic carbocycles. The molecule has 0 heterocycles. The Kier molecular flexibility index (Phi) is 7.94. The summed E-state index contributed by atoms with van der Waals surface area (Å²) < 4.78 is 200. The second-order valence-corrected chi connectivity index (χ2v) is 5.95. The van der Waals surface area contributed by atoms with Crippen LogP contribution in [-0.4, -0.2) is 65.5 Å². The molecule has 1 unspecified atom stereocenters. The van der Waals surface area contributed by atoms with E-state index in [0.717, 1.165) is 6.92 Å². The van der Waals surface area contributed by atoms with Gasteiger partial charge in [-0.1, -0.05) is 6.92 Å². The molecule has 0 aromatic heterocycles. The van der Waals surface area contributed by atoms with E-state index in [1.165, 1.54) is 0 Å². The summed E-state index contributed by atoms with van der Waals surface area (Å²) in [5.41, 5.74) is 0. The Hall–Kier alpha value is -1.62. The van der Waals surface area contributed by atoms with Gasteiger partial charge in [-0.15, -0.1) is 0 Å². The standard InChI is InChI=1S/C13H11F15O3/c1-2-3-31-5(4-6(29)30)7(14,15)8(16,17)9(18,19)10(20,21)11(22,23)12(24,25)13(26,27)28/h5H,2-4H2,1H3,(H,29,30). The molecule has 31 heavy (non-hydrogen) atoms. The van der Waals surface area contributed by atoms with E-state index in [9.17, 15) is 70.7 Å². The highest BCUT2D eigenvalue weighted by Crippen LogP contribution is 2.62. The van der Waals surface area contributed by atoms with Crippen LogP contribution in [0.15, 0.2) is 0 Å². The number of carboxylic acids is 1. The lowest BCUT2D eigenvalue weighted by atomic mass is 9.88. The fourth-order valence-corrected chi connectivity index (χ4v) is 1.89. The predicted molar refractivity (Wildman–Crippen MR) is 68.0 cm³/mol. The van der Waals surface area contributed by atoms with E-state index in [0.29, 0.717) is 0 Å². The van der Waals surface area contributed by atoms with Crippen LogP contribution in [0.3, 0.4) is 0 Å². The van der Waals surface area contributed by atoms with Crippen molar-refractivity contribution in [2.45, 2.75) is 67.6 Å². The van der Waals surface area contributed by atoms with Crippen molar-refractivity contribution in [3.05, 3.63) is 0 Å². The fourth-order valence-electron chi connectivity index (χ4n) is 1.89. The Morgan fingerprint density at radius 2 is 1.06 bits per heavy atom. The summed E-state index contributed by atoms with van der Waals surface area (Å²) in [6.45, 7) is 0.00449. The first-order chi connectivity index (χ1) is 13.4. The molecule has 0 fully saturated rings. The van der Waals surface area contributed by atoms with Crippen molar-refractivity contribution >= 4 is 5.97 Å². The minimum Gasteiger partial charge on any atom is -0.481 e. The molecule has 0 aliphatic carbocycles. The molecule has 186 valence electrons. The topological polar surface area (TPSA) is 46.5 Å². The normalized spacial score (nSPS) is 16.4. The Morgan fingerprint density at radius 3 is 1.39 bits per heavy atom. The minimum atomic E-state index is -8.43. The maximum atomic E-state index is 13.9. The molecule has 0 radical (unpaired) electrons. The van der Waals surface area contributed by atoms with Crippen molar-refractivity contribution in [3.63, 3.8) is 0 Å². The van der Waals surface area contributed by atoms with Gasteiger partial charge >= 0.3 is 47.7 Å². The molecule has 0 aliphatic rings. The Labute approximate surface area is 162 Å². The van der Waals surface area contributed by atoms with Crippen LogP contribution in [0, 0.1) is 0 Å². The van der Waals surface area contributed by atoms with Crippen LogP contribution in [0.5, 0.6) is 0 Å². The first-order valence-electron chi connectivity index (χ1n) is 7.54. The summed E-state index contributed by atoms with van der Waals surface area (Å²) in [5, 5.41) is 8.36. The quantitative estimate of drug-likeness (QED) is 0.375. The molecular formula is C13H11F15O3. The first kappa shape index (κ1) is 29.4. The number of halogens is 15.